The lowest BCUT2D eigenvalue weighted by Crippen LogP contribution is -2.26. The third kappa shape index (κ3) is 3.06. The molecule has 1 amide bonds. The van der Waals surface area contributed by atoms with E-state index in [-0.39, 0.29) is 5.91 Å². The molecular weight excluding hydrogens is 248 g/mol. The summed E-state index contributed by atoms with van der Waals surface area (Å²) in [6.07, 6.45) is 0. The molecule has 2 aromatic rings. The van der Waals surface area contributed by atoms with Gasteiger partial charge in [-0.1, -0.05) is 18.2 Å². The summed E-state index contributed by atoms with van der Waals surface area (Å²) in [5.41, 5.74) is 10.5. The highest BCUT2D eigenvalue weighted by Crippen LogP contribution is 2.19. The Hall–Kier alpha value is -2.13. The third-order valence-electron chi connectivity index (χ3n) is 3.33. The molecule has 0 fully saturated rings. The van der Waals surface area contributed by atoms with Gasteiger partial charge in [0, 0.05) is 24.8 Å². The van der Waals surface area contributed by atoms with Crippen LogP contribution in [0.2, 0.25) is 0 Å². The first kappa shape index (κ1) is 14.3. The lowest BCUT2D eigenvalue weighted by atomic mass is 10.1. The molecule has 0 saturated carbocycles. The van der Waals surface area contributed by atoms with Crippen molar-refractivity contribution in [2.75, 3.05) is 11.9 Å². The fourth-order valence-electron chi connectivity index (χ4n) is 2.24. The average Bonchev–Trinajstić information content (AvgIpc) is 2.45. The van der Waals surface area contributed by atoms with Crippen LogP contribution in [-0.2, 0) is 6.54 Å². The number of anilines is 1. The van der Waals surface area contributed by atoms with Crippen LogP contribution in [0.4, 0.5) is 5.69 Å². The molecule has 2 aromatic carbocycles. The first-order chi connectivity index (χ1) is 9.51. The van der Waals surface area contributed by atoms with Gasteiger partial charge < -0.3 is 10.6 Å². The van der Waals surface area contributed by atoms with E-state index in [9.17, 15) is 4.79 Å². The Balaban J connectivity index is 2.27. The second-order valence-corrected chi connectivity index (χ2v) is 5.11. The molecule has 0 heterocycles. The molecule has 0 unspecified atom stereocenters. The summed E-state index contributed by atoms with van der Waals surface area (Å²) in [6, 6.07) is 13.6. The van der Waals surface area contributed by atoms with E-state index in [1.807, 2.05) is 50.2 Å². The summed E-state index contributed by atoms with van der Waals surface area (Å²) < 4.78 is 0. The maximum atomic E-state index is 12.5. The van der Waals surface area contributed by atoms with Gasteiger partial charge in [-0.2, -0.15) is 0 Å². The maximum Gasteiger partial charge on any atom is 0.258 e. The number of benzene rings is 2. The molecule has 0 aliphatic heterocycles. The number of nitrogens with two attached hydrogens (primary N) is 1. The normalized spacial score (nSPS) is 10.4. The number of amides is 1. The van der Waals surface area contributed by atoms with Gasteiger partial charge in [-0.05, 0) is 54.8 Å². The van der Waals surface area contributed by atoms with Crippen molar-refractivity contribution in [3.63, 3.8) is 0 Å². The summed E-state index contributed by atoms with van der Waals surface area (Å²) >= 11 is 0. The van der Waals surface area contributed by atoms with E-state index in [1.165, 1.54) is 0 Å². The first-order valence-corrected chi connectivity index (χ1v) is 6.66. The van der Waals surface area contributed by atoms with Crippen LogP contribution in [0, 0.1) is 13.8 Å². The van der Waals surface area contributed by atoms with Crippen molar-refractivity contribution >= 4 is 11.6 Å². The molecule has 3 heteroatoms. The molecular formula is C17H20N2O. The van der Waals surface area contributed by atoms with Gasteiger partial charge in [0.2, 0.25) is 0 Å². The number of carbonyl (C=O) groups excluding carboxylic acids is 1. The molecule has 0 radical (unpaired) electrons. The molecule has 2 rings (SSSR count). The molecule has 20 heavy (non-hydrogen) atoms. The van der Waals surface area contributed by atoms with Gasteiger partial charge in [0.25, 0.3) is 5.91 Å². The van der Waals surface area contributed by atoms with Gasteiger partial charge in [0.05, 0.1) is 0 Å². The second-order valence-electron chi connectivity index (χ2n) is 5.11. The lowest BCUT2D eigenvalue weighted by Gasteiger charge is -2.19. The molecule has 0 aliphatic rings. The fraction of sp³-hybridized carbons (Fsp3) is 0.235. The standard InChI is InChI=1S/C17H20N2O/c1-12-8-13(2)10-16(9-12)19(3)17(20)15-6-4-14(11-18)5-7-15/h4-10H,11,18H2,1-3H3. The van der Waals surface area contributed by atoms with Crippen LogP contribution in [0.15, 0.2) is 42.5 Å². The first-order valence-electron chi connectivity index (χ1n) is 6.66. The van der Waals surface area contributed by atoms with Crippen LogP contribution in [-0.4, -0.2) is 13.0 Å². The average molecular weight is 268 g/mol. The summed E-state index contributed by atoms with van der Waals surface area (Å²) in [5.74, 6) is -0.0152. The zero-order valence-corrected chi connectivity index (χ0v) is 12.2. The number of hydrogen-bond donors (Lipinski definition) is 1. The van der Waals surface area contributed by atoms with Crippen molar-refractivity contribution in [1.29, 1.82) is 0 Å². The van der Waals surface area contributed by atoms with Gasteiger partial charge in [0.15, 0.2) is 0 Å². The third-order valence-corrected chi connectivity index (χ3v) is 3.33. The summed E-state index contributed by atoms with van der Waals surface area (Å²) in [7, 11) is 1.80. The Morgan fingerprint density at radius 1 is 1.05 bits per heavy atom. The lowest BCUT2D eigenvalue weighted by molar-refractivity contribution is 0.0993. The van der Waals surface area contributed by atoms with Crippen LogP contribution in [0.3, 0.4) is 0 Å². The smallest absolute Gasteiger partial charge is 0.258 e. The molecule has 0 saturated heterocycles. The van der Waals surface area contributed by atoms with E-state index in [0.717, 1.165) is 22.4 Å². The Labute approximate surface area is 120 Å². The minimum Gasteiger partial charge on any atom is -0.326 e. The molecule has 3 nitrogen and oxygen atoms in total. The Kier molecular flexibility index (Phi) is 4.20. The predicted molar refractivity (Wildman–Crippen MR) is 83.0 cm³/mol. The quantitative estimate of drug-likeness (QED) is 0.930. The number of rotatable bonds is 3. The monoisotopic (exact) mass is 268 g/mol. The SMILES string of the molecule is Cc1cc(C)cc(N(C)C(=O)c2ccc(CN)cc2)c1. The van der Waals surface area contributed by atoms with Crippen molar-refractivity contribution in [2.24, 2.45) is 5.73 Å². The van der Waals surface area contributed by atoms with Crippen LogP contribution >= 0.6 is 0 Å². The topological polar surface area (TPSA) is 46.3 Å². The van der Waals surface area contributed by atoms with Gasteiger partial charge in [-0.3, -0.25) is 4.79 Å². The van der Waals surface area contributed by atoms with Crippen LogP contribution in [0.1, 0.15) is 27.0 Å². The molecule has 0 aliphatic carbocycles. The van der Waals surface area contributed by atoms with E-state index in [1.54, 1.807) is 11.9 Å². The van der Waals surface area contributed by atoms with Crippen molar-refractivity contribution in [3.8, 4) is 0 Å². The number of nitrogens with zero attached hydrogens (tertiary/aromatic N) is 1. The van der Waals surface area contributed by atoms with E-state index in [2.05, 4.69) is 6.07 Å². The summed E-state index contributed by atoms with van der Waals surface area (Å²) in [5, 5.41) is 0. The highest BCUT2D eigenvalue weighted by atomic mass is 16.2. The van der Waals surface area contributed by atoms with Gasteiger partial charge in [-0.25, -0.2) is 0 Å². The maximum absolute atomic E-state index is 12.5. The highest BCUT2D eigenvalue weighted by molar-refractivity contribution is 6.05. The van der Waals surface area contributed by atoms with E-state index < -0.39 is 0 Å². The number of hydrogen-bond acceptors (Lipinski definition) is 2. The zero-order valence-electron chi connectivity index (χ0n) is 12.2. The van der Waals surface area contributed by atoms with Crippen molar-refractivity contribution in [1.82, 2.24) is 0 Å². The van der Waals surface area contributed by atoms with Crippen molar-refractivity contribution in [3.05, 3.63) is 64.7 Å². The summed E-state index contributed by atoms with van der Waals surface area (Å²) in [4.78, 5) is 14.1. The van der Waals surface area contributed by atoms with Gasteiger partial charge in [-0.15, -0.1) is 0 Å². The van der Waals surface area contributed by atoms with Crippen LogP contribution < -0.4 is 10.6 Å². The minimum absolute atomic E-state index is 0.0152. The number of carbonyl (C=O) groups is 1. The van der Waals surface area contributed by atoms with E-state index >= 15 is 0 Å². The van der Waals surface area contributed by atoms with Crippen LogP contribution in [0.25, 0.3) is 0 Å². The Morgan fingerprint density at radius 3 is 2.10 bits per heavy atom. The Morgan fingerprint density at radius 2 is 1.60 bits per heavy atom. The van der Waals surface area contributed by atoms with E-state index in [4.69, 9.17) is 5.73 Å². The molecule has 0 aromatic heterocycles. The molecule has 0 spiro atoms. The fourth-order valence-corrected chi connectivity index (χ4v) is 2.24. The largest absolute Gasteiger partial charge is 0.326 e. The molecule has 0 atom stereocenters. The molecule has 2 N–H and O–H groups in total. The van der Waals surface area contributed by atoms with Gasteiger partial charge >= 0.3 is 0 Å². The van der Waals surface area contributed by atoms with Crippen LogP contribution in [0.5, 0.6) is 0 Å². The highest BCUT2D eigenvalue weighted by Gasteiger charge is 2.13. The molecule has 104 valence electrons. The second kappa shape index (κ2) is 5.88. The van der Waals surface area contributed by atoms with Crippen molar-refractivity contribution in [2.45, 2.75) is 20.4 Å². The van der Waals surface area contributed by atoms with Gasteiger partial charge in [0.1, 0.15) is 0 Å². The Bertz CT molecular complexity index is 597. The van der Waals surface area contributed by atoms with Crippen molar-refractivity contribution < 1.29 is 4.79 Å². The number of aryl methyl sites for hydroxylation is 2. The zero-order chi connectivity index (χ0) is 14.7. The predicted octanol–water partition coefficient (Wildman–Crippen LogP) is 3.04. The van der Waals surface area contributed by atoms with E-state index in [0.29, 0.717) is 12.1 Å². The minimum atomic E-state index is -0.0152. The summed E-state index contributed by atoms with van der Waals surface area (Å²) in [6.45, 7) is 4.55. The molecule has 0 bridgehead atoms.